The summed E-state index contributed by atoms with van der Waals surface area (Å²) < 4.78 is 5.27. The van der Waals surface area contributed by atoms with Crippen LogP contribution in [0.4, 0.5) is 6.01 Å². The minimum Gasteiger partial charge on any atom is -0.432 e. The Morgan fingerprint density at radius 1 is 1.57 bits per heavy atom. The van der Waals surface area contributed by atoms with Crippen LogP contribution in [0.25, 0.3) is 0 Å². The molecule has 1 N–H and O–H groups in total. The van der Waals surface area contributed by atoms with E-state index in [2.05, 4.69) is 24.1 Å². The third-order valence-electron chi connectivity index (χ3n) is 2.92. The van der Waals surface area contributed by atoms with Crippen molar-refractivity contribution in [2.75, 3.05) is 5.32 Å². The summed E-state index contributed by atoms with van der Waals surface area (Å²) in [5, 5.41) is 3.34. The van der Waals surface area contributed by atoms with Gasteiger partial charge in [0.1, 0.15) is 6.26 Å². The Labute approximate surface area is 84.9 Å². The molecule has 0 aliphatic heterocycles. The van der Waals surface area contributed by atoms with Gasteiger partial charge in [-0.25, -0.2) is 0 Å². The van der Waals surface area contributed by atoms with E-state index < -0.39 is 0 Å². The van der Waals surface area contributed by atoms with Crippen molar-refractivity contribution in [1.82, 2.24) is 4.98 Å². The summed E-state index contributed by atoms with van der Waals surface area (Å²) in [4.78, 5) is 4.24. The van der Waals surface area contributed by atoms with E-state index >= 15 is 0 Å². The van der Waals surface area contributed by atoms with Crippen LogP contribution in [0.2, 0.25) is 0 Å². The van der Waals surface area contributed by atoms with Gasteiger partial charge in [-0.15, -0.1) is 0 Å². The number of aryl methyl sites for hydroxylation is 1. The lowest BCUT2D eigenvalue weighted by molar-refractivity contribution is 0.377. The van der Waals surface area contributed by atoms with Gasteiger partial charge < -0.3 is 9.73 Å². The average Bonchev–Trinajstić information content (AvgIpc) is 2.59. The van der Waals surface area contributed by atoms with Crippen LogP contribution in [0.15, 0.2) is 10.7 Å². The number of hydrogen-bond acceptors (Lipinski definition) is 3. The Balaban J connectivity index is 1.94. The molecule has 78 valence electrons. The molecule has 1 atom stereocenters. The average molecular weight is 194 g/mol. The van der Waals surface area contributed by atoms with Gasteiger partial charge in [-0.3, -0.25) is 0 Å². The van der Waals surface area contributed by atoms with Crippen molar-refractivity contribution in [3.05, 3.63) is 12.0 Å². The molecule has 0 bridgehead atoms. The zero-order chi connectivity index (χ0) is 10.2. The SMILES string of the molecule is Cc1coc(NC2CCC(C)(C)C2)n1. The minimum atomic E-state index is 0.472. The summed E-state index contributed by atoms with van der Waals surface area (Å²) in [6, 6.07) is 1.20. The second-order valence-corrected chi connectivity index (χ2v) is 5.04. The van der Waals surface area contributed by atoms with Gasteiger partial charge in [-0.05, 0) is 31.6 Å². The van der Waals surface area contributed by atoms with E-state index in [-0.39, 0.29) is 0 Å². The Morgan fingerprint density at radius 2 is 2.36 bits per heavy atom. The summed E-state index contributed by atoms with van der Waals surface area (Å²) in [5.74, 6) is 0. The van der Waals surface area contributed by atoms with Crippen LogP contribution in [0, 0.1) is 12.3 Å². The number of oxazole rings is 1. The molecule has 0 amide bonds. The molecule has 2 rings (SSSR count). The predicted octanol–water partition coefficient (Wildman–Crippen LogP) is 2.97. The number of nitrogens with one attached hydrogen (secondary N) is 1. The van der Waals surface area contributed by atoms with E-state index in [1.807, 2.05) is 6.92 Å². The summed E-state index contributed by atoms with van der Waals surface area (Å²) in [7, 11) is 0. The molecule has 1 saturated carbocycles. The number of anilines is 1. The van der Waals surface area contributed by atoms with Gasteiger partial charge in [-0.2, -0.15) is 4.98 Å². The third kappa shape index (κ3) is 2.08. The first kappa shape index (κ1) is 9.56. The van der Waals surface area contributed by atoms with E-state index in [9.17, 15) is 0 Å². The van der Waals surface area contributed by atoms with Crippen LogP contribution < -0.4 is 5.32 Å². The molecule has 0 saturated heterocycles. The molecule has 1 aromatic rings. The number of nitrogens with zero attached hydrogens (tertiary/aromatic N) is 1. The highest BCUT2D eigenvalue weighted by molar-refractivity contribution is 5.23. The van der Waals surface area contributed by atoms with E-state index in [4.69, 9.17) is 4.42 Å². The van der Waals surface area contributed by atoms with Gasteiger partial charge in [0.25, 0.3) is 6.01 Å². The van der Waals surface area contributed by atoms with Crippen LogP contribution in [0.1, 0.15) is 38.8 Å². The zero-order valence-corrected chi connectivity index (χ0v) is 9.13. The van der Waals surface area contributed by atoms with E-state index in [0.717, 1.165) is 5.69 Å². The number of hydrogen-bond donors (Lipinski definition) is 1. The lowest BCUT2D eigenvalue weighted by atomic mass is 9.92. The predicted molar refractivity (Wildman–Crippen MR) is 56.3 cm³/mol. The zero-order valence-electron chi connectivity index (χ0n) is 9.13. The normalized spacial score (nSPS) is 25.2. The van der Waals surface area contributed by atoms with E-state index in [1.54, 1.807) is 6.26 Å². The van der Waals surface area contributed by atoms with Gasteiger partial charge in [0.2, 0.25) is 0 Å². The van der Waals surface area contributed by atoms with Crippen molar-refractivity contribution in [3.8, 4) is 0 Å². The summed E-state index contributed by atoms with van der Waals surface area (Å²) >= 11 is 0. The van der Waals surface area contributed by atoms with Crippen LogP contribution >= 0.6 is 0 Å². The molecule has 3 heteroatoms. The molecular weight excluding hydrogens is 176 g/mol. The summed E-state index contributed by atoms with van der Waals surface area (Å²) in [5.41, 5.74) is 1.41. The highest BCUT2D eigenvalue weighted by atomic mass is 16.4. The highest BCUT2D eigenvalue weighted by Gasteiger charge is 2.31. The molecule has 1 aliphatic rings. The van der Waals surface area contributed by atoms with Gasteiger partial charge >= 0.3 is 0 Å². The maximum atomic E-state index is 5.27. The maximum Gasteiger partial charge on any atom is 0.294 e. The quantitative estimate of drug-likeness (QED) is 0.786. The lowest BCUT2D eigenvalue weighted by Gasteiger charge is -2.16. The standard InChI is InChI=1S/C11H18N2O/c1-8-7-14-10(12-8)13-9-4-5-11(2,3)6-9/h7,9H,4-6H2,1-3H3,(H,12,13). The summed E-state index contributed by atoms with van der Waals surface area (Å²) in [6.07, 6.45) is 5.38. The van der Waals surface area contributed by atoms with Crippen LogP contribution in [-0.4, -0.2) is 11.0 Å². The first-order valence-corrected chi connectivity index (χ1v) is 5.24. The second-order valence-electron chi connectivity index (χ2n) is 5.04. The minimum absolute atomic E-state index is 0.472. The first-order chi connectivity index (χ1) is 6.55. The van der Waals surface area contributed by atoms with Crippen LogP contribution in [-0.2, 0) is 0 Å². The van der Waals surface area contributed by atoms with Gasteiger partial charge in [-0.1, -0.05) is 13.8 Å². The van der Waals surface area contributed by atoms with Crippen molar-refractivity contribution in [1.29, 1.82) is 0 Å². The maximum absolute atomic E-state index is 5.27. The second kappa shape index (κ2) is 3.30. The number of aromatic nitrogens is 1. The molecule has 0 radical (unpaired) electrons. The Kier molecular flexibility index (Phi) is 2.25. The van der Waals surface area contributed by atoms with Gasteiger partial charge in [0.15, 0.2) is 0 Å². The fourth-order valence-corrected chi connectivity index (χ4v) is 2.15. The smallest absolute Gasteiger partial charge is 0.294 e. The fraction of sp³-hybridized carbons (Fsp3) is 0.727. The molecular formula is C11H18N2O. The Bertz CT molecular complexity index is 317. The van der Waals surface area contributed by atoms with Crippen LogP contribution in [0.3, 0.4) is 0 Å². The molecule has 0 spiro atoms. The van der Waals surface area contributed by atoms with Crippen molar-refractivity contribution < 1.29 is 4.42 Å². The van der Waals surface area contributed by atoms with Crippen molar-refractivity contribution in [3.63, 3.8) is 0 Å². The monoisotopic (exact) mass is 194 g/mol. The first-order valence-electron chi connectivity index (χ1n) is 5.24. The molecule has 1 heterocycles. The molecule has 14 heavy (non-hydrogen) atoms. The van der Waals surface area contributed by atoms with Gasteiger partial charge in [0.05, 0.1) is 5.69 Å². The third-order valence-corrected chi connectivity index (χ3v) is 2.92. The molecule has 0 aromatic carbocycles. The Morgan fingerprint density at radius 3 is 2.86 bits per heavy atom. The Hall–Kier alpha value is -0.990. The number of rotatable bonds is 2. The molecule has 1 unspecified atom stereocenters. The highest BCUT2D eigenvalue weighted by Crippen LogP contribution is 2.38. The van der Waals surface area contributed by atoms with Crippen molar-refractivity contribution >= 4 is 6.01 Å². The van der Waals surface area contributed by atoms with Crippen molar-refractivity contribution in [2.45, 2.75) is 46.1 Å². The molecule has 3 nitrogen and oxygen atoms in total. The fourth-order valence-electron chi connectivity index (χ4n) is 2.15. The van der Waals surface area contributed by atoms with E-state index in [0.29, 0.717) is 17.5 Å². The molecule has 1 aromatic heterocycles. The van der Waals surface area contributed by atoms with Gasteiger partial charge in [0, 0.05) is 6.04 Å². The topological polar surface area (TPSA) is 38.1 Å². The van der Waals surface area contributed by atoms with Crippen LogP contribution in [0.5, 0.6) is 0 Å². The van der Waals surface area contributed by atoms with E-state index in [1.165, 1.54) is 19.3 Å². The lowest BCUT2D eigenvalue weighted by Crippen LogP contribution is -2.17. The molecule has 1 aliphatic carbocycles. The summed E-state index contributed by atoms with van der Waals surface area (Å²) in [6.45, 7) is 6.57. The molecule has 1 fully saturated rings. The van der Waals surface area contributed by atoms with Crippen molar-refractivity contribution in [2.24, 2.45) is 5.41 Å². The largest absolute Gasteiger partial charge is 0.432 e.